The van der Waals surface area contributed by atoms with Crippen molar-refractivity contribution in [2.75, 3.05) is 5.32 Å². The minimum absolute atomic E-state index is 0.175. The largest absolute Gasteiger partial charge is 0.478 e. The van der Waals surface area contributed by atoms with Crippen LogP contribution in [-0.2, 0) is 13.6 Å². The summed E-state index contributed by atoms with van der Waals surface area (Å²) < 4.78 is 1.83. The molecule has 2 rings (SSSR count). The van der Waals surface area contributed by atoms with Gasteiger partial charge in [0, 0.05) is 24.8 Å². The van der Waals surface area contributed by atoms with Gasteiger partial charge >= 0.3 is 5.97 Å². The molecule has 1 heterocycles. The summed E-state index contributed by atoms with van der Waals surface area (Å²) in [6.07, 6.45) is 0. The summed E-state index contributed by atoms with van der Waals surface area (Å²) in [4.78, 5) is 10.8. The van der Waals surface area contributed by atoms with Crippen LogP contribution in [0.1, 0.15) is 27.3 Å². The normalized spacial score (nSPS) is 10.6. The molecule has 0 aliphatic rings. The van der Waals surface area contributed by atoms with E-state index in [1.807, 2.05) is 25.6 Å². The third kappa shape index (κ3) is 2.77. The summed E-state index contributed by atoms with van der Waals surface area (Å²) in [5.74, 6) is -0.989. The molecule has 5 nitrogen and oxygen atoms in total. The Balaban J connectivity index is 2.17. The van der Waals surface area contributed by atoms with Crippen molar-refractivity contribution in [3.8, 4) is 0 Å². The molecule has 2 N–H and O–H groups in total. The molecule has 6 heteroatoms. The van der Waals surface area contributed by atoms with Gasteiger partial charge in [-0.05, 0) is 32.0 Å². The quantitative estimate of drug-likeness (QED) is 0.909. The second-order valence-corrected chi connectivity index (χ2v) is 5.03. The third-order valence-electron chi connectivity index (χ3n) is 3.33. The lowest BCUT2D eigenvalue weighted by atomic mass is 10.1. The predicted molar refractivity (Wildman–Crippen MR) is 78.4 cm³/mol. The van der Waals surface area contributed by atoms with Crippen LogP contribution < -0.4 is 5.32 Å². The number of anilines is 1. The molecule has 0 saturated heterocycles. The van der Waals surface area contributed by atoms with E-state index in [0.717, 1.165) is 17.0 Å². The van der Waals surface area contributed by atoms with Gasteiger partial charge in [-0.2, -0.15) is 5.10 Å². The third-order valence-corrected chi connectivity index (χ3v) is 3.64. The molecule has 0 atom stereocenters. The van der Waals surface area contributed by atoms with E-state index >= 15 is 0 Å². The van der Waals surface area contributed by atoms with Crippen LogP contribution in [0, 0.1) is 13.8 Å². The maximum atomic E-state index is 10.8. The van der Waals surface area contributed by atoms with Gasteiger partial charge in [-0.25, -0.2) is 4.79 Å². The molecular weight excluding hydrogens is 278 g/mol. The smallest absolute Gasteiger partial charge is 0.335 e. The Kier molecular flexibility index (Phi) is 3.99. The van der Waals surface area contributed by atoms with Crippen molar-refractivity contribution in [2.45, 2.75) is 20.4 Å². The number of rotatable bonds is 4. The zero-order chi connectivity index (χ0) is 14.9. The summed E-state index contributed by atoms with van der Waals surface area (Å²) in [5.41, 5.74) is 4.06. The van der Waals surface area contributed by atoms with Crippen LogP contribution in [0.4, 0.5) is 5.69 Å². The molecular formula is C14H16ClN3O2. The highest BCUT2D eigenvalue weighted by molar-refractivity contribution is 6.33. The van der Waals surface area contributed by atoms with Crippen LogP contribution in [0.2, 0.25) is 5.02 Å². The van der Waals surface area contributed by atoms with Crippen LogP contribution in [0.15, 0.2) is 18.2 Å². The van der Waals surface area contributed by atoms with Crippen molar-refractivity contribution < 1.29 is 9.90 Å². The molecule has 106 valence electrons. The van der Waals surface area contributed by atoms with E-state index in [2.05, 4.69) is 10.4 Å². The second-order valence-electron chi connectivity index (χ2n) is 4.63. The second kappa shape index (κ2) is 5.54. The zero-order valence-electron chi connectivity index (χ0n) is 11.6. The number of carboxylic acid groups (broad SMARTS) is 1. The Bertz CT molecular complexity index is 665. The molecule has 0 radical (unpaired) electrons. The summed E-state index contributed by atoms with van der Waals surface area (Å²) in [5, 5.41) is 16.8. The van der Waals surface area contributed by atoms with Gasteiger partial charge in [0.25, 0.3) is 0 Å². The molecule has 0 amide bonds. The molecule has 0 bridgehead atoms. The summed E-state index contributed by atoms with van der Waals surface area (Å²) >= 11 is 6.08. The number of hydrogen-bond donors (Lipinski definition) is 2. The first-order valence-corrected chi connectivity index (χ1v) is 6.53. The molecule has 2 aromatic rings. The van der Waals surface area contributed by atoms with Crippen molar-refractivity contribution in [3.63, 3.8) is 0 Å². The highest BCUT2D eigenvalue weighted by Crippen LogP contribution is 2.24. The minimum atomic E-state index is -0.989. The average Bonchev–Trinajstić information content (AvgIpc) is 2.62. The highest BCUT2D eigenvalue weighted by atomic mass is 35.5. The average molecular weight is 294 g/mol. The van der Waals surface area contributed by atoms with Crippen LogP contribution in [0.25, 0.3) is 0 Å². The van der Waals surface area contributed by atoms with Crippen LogP contribution >= 0.6 is 11.6 Å². The number of halogens is 1. The lowest BCUT2D eigenvalue weighted by Gasteiger charge is -2.09. The number of aryl methyl sites for hydroxylation is 2. The Morgan fingerprint density at radius 3 is 2.65 bits per heavy atom. The van der Waals surface area contributed by atoms with Gasteiger partial charge in [0.15, 0.2) is 0 Å². The van der Waals surface area contributed by atoms with E-state index in [9.17, 15) is 4.79 Å². The van der Waals surface area contributed by atoms with Gasteiger partial charge in [0.05, 0.1) is 22.0 Å². The first kappa shape index (κ1) is 14.4. The molecule has 0 unspecified atom stereocenters. The van der Waals surface area contributed by atoms with Crippen LogP contribution in [0.5, 0.6) is 0 Å². The van der Waals surface area contributed by atoms with Gasteiger partial charge in [0.2, 0.25) is 0 Å². The number of carboxylic acids is 1. The lowest BCUT2D eigenvalue weighted by molar-refractivity contribution is 0.0697. The molecule has 20 heavy (non-hydrogen) atoms. The predicted octanol–water partition coefficient (Wildman–Crippen LogP) is 3.00. The van der Waals surface area contributed by atoms with E-state index in [4.69, 9.17) is 16.7 Å². The van der Waals surface area contributed by atoms with E-state index < -0.39 is 5.97 Å². The van der Waals surface area contributed by atoms with E-state index in [0.29, 0.717) is 17.3 Å². The number of aromatic nitrogens is 2. The Morgan fingerprint density at radius 2 is 2.15 bits per heavy atom. The Hall–Kier alpha value is -2.01. The Labute approximate surface area is 122 Å². The van der Waals surface area contributed by atoms with Gasteiger partial charge in [-0.15, -0.1) is 0 Å². The fourth-order valence-corrected chi connectivity index (χ4v) is 2.30. The summed E-state index contributed by atoms with van der Waals surface area (Å²) in [6, 6.07) is 4.64. The summed E-state index contributed by atoms with van der Waals surface area (Å²) in [6.45, 7) is 4.56. The number of carbonyl (C=O) groups is 1. The highest BCUT2D eigenvalue weighted by Gasteiger charge is 2.11. The topological polar surface area (TPSA) is 67.2 Å². The molecule has 1 aromatic heterocycles. The number of nitrogens with zero attached hydrogens (tertiary/aromatic N) is 2. The lowest BCUT2D eigenvalue weighted by Crippen LogP contribution is -2.04. The van der Waals surface area contributed by atoms with Crippen molar-refractivity contribution in [1.82, 2.24) is 9.78 Å². The molecule has 0 spiro atoms. The van der Waals surface area contributed by atoms with Crippen molar-refractivity contribution in [3.05, 3.63) is 45.7 Å². The van der Waals surface area contributed by atoms with Gasteiger partial charge < -0.3 is 10.4 Å². The number of benzene rings is 1. The number of nitrogens with one attached hydrogen (secondary N) is 1. The van der Waals surface area contributed by atoms with Crippen LogP contribution in [0.3, 0.4) is 0 Å². The van der Waals surface area contributed by atoms with E-state index in [1.54, 1.807) is 6.07 Å². The minimum Gasteiger partial charge on any atom is -0.478 e. The van der Waals surface area contributed by atoms with E-state index in [1.165, 1.54) is 12.1 Å². The standard InChI is InChI=1S/C14H16ClN3O2/c1-8-11(9(2)18(3)17-8)7-16-13-5-4-10(14(19)20)6-12(13)15/h4-6,16H,7H2,1-3H3,(H,19,20). The van der Waals surface area contributed by atoms with Gasteiger partial charge in [-0.1, -0.05) is 11.6 Å². The SMILES string of the molecule is Cc1nn(C)c(C)c1CNc1ccc(C(=O)O)cc1Cl. The molecule has 0 saturated carbocycles. The number of aromatic carboxylic acids is 1. The molecule has 1 aromatic carbocycles. The number of hydrogen-bond acceptors (Lipinski definition) is 3. The first-order chi connectivity index (χ1) is 9.40. The van der Waals surface area contributed by atoms with Gasteiger partial charge in [-0.3, -0.25) is 4.68 Å². The fourth-order valence-electron chi connectivity index (χ4n) is 2.05. The van der Waals surface area contributed by atoms with Gasteiger partial charge in [0.1, 0.15) is 0 Å². The van der Waals surface area contributed by atoms with E-state index in [-0.39, 0.29) is 5.56 Å². The fraction of sp³-hybridized carbons (Fsp3) is 0.286. The monoisotopic (exact) mass is 293 g/mol. The Morgan fingerprint density at radius 1 is 1.45 bits per heavy atom. The summed E-state index contributed by atoms with van der Waals surface area (Å²) in [7, 11) is 1.90. The van der Waals surface area contributed by atoms with Crippen molar-refractivity contribution in [1.29, 1.82) is 0 Å². The van der Waals surface area contributed by atoms with Crippen molar-refractivity contribution in [2.24, 2.45) is 7.05 Å². The van der Waals surface area contributed by atoms with Crippen molar-refractivity contribution >= 4 is 23.3 Å². The maximum absolute atomic E-state index is 10.8. The first-order valence-electron chi connectivity index (χ1n) is 6.16. The van der Waals surface area contributed by atoms with Crippen LogP contribution in [-0.4, -0.2) is 20.9 Å². The maximum Gasteiger partial charge on any atom is 0.335 e. The molecule has 0 aliphatic carbocycles. The molecule has 0 fully saturated rings. The zero-order valence-corrected chi connectivity index (χ0v) is 12.3. The molecule has 0 aliphatic heterocycles.